The summed E-state index contributed by atoms with van der Waals surface area (Å²) in [6, 6.07) is 61.7. The minimum absolute atomic E-state index is 0.676. The van der Waals surface area contributed by atoms with Crippen molar-refractivity contribution in [3.8, 4) is 67.3 Å². The van der Waals surface area contributed by atoms with Gasteiger partial charge < -0.3 is 4.42 Å². The Morgan fingerprint density at radius 2 is 1.04 bits per heavy atom. The van der Waals surface area contributed by atoms with Gasteiger partial charge in [0.2, 0.25) is 0 Å². The van der Waals surface area contributed by atoms with Crippen molar-refractivity contribution >= 4 is 53.4 Å². The predicted octanol–water partition coefficient (Wildman–Crippen LogP) is 14.1. The van der Waals surface area contributed by atoms with Gasteiger partial charge in [0.05, 0.1) is 11.4 Å². The highest BCUT2D eigenvalue weighted by Crippen LogP contribution is 2.44. The lowest BCUT2D eigenvalue weighted by Crippen LogP contribution is -1.96. The Balaban J connectivity index is 1.01. The van der Waals surface area contributed by atoms with Crippen LogP contribution >= 0.6 is 11.3 Å². The summed E-state index contributed by atoms with van der Waals surface area (Å²) in [5.41, 5.74) is 13.2. The first-order valence-electron chi connectivity index (χ1n) is 18.7. The van der Waals surface area contributed by atoms with Gasteiger partial charge in [-0.1, -0.05) is 133 Å². The third-order valence-electron chi connectivity index (χ3n) is 10.6. The minimum atomic E-state index is 0.676. The van der Waals surface area contributed by atoms with Crippen LogP contribution in [0.5, 0.6) is 0 Å². The topological polar surface area (TPSA) is 51.8 Å². The SMILES string of the molecule is c1ccc(-c2cc(-c3ccc(-c4cccnc4)cc3)nc(-c3ccc(-c4ccc(-c5ccc6sc7ccccc7c6c5)c5oc6ccccc6c45)cc3)n2)cc1. The second-order valence-electron chi connectivity index (χ2n) is 14.0. The summed E-state index contributed by atoms with van der Waals surface area (Å²) in [5.74, 6) is 0.676. The molecule has 0 fully saturated rings. The van der Waals surface area contributed by atoms with Crippen molar-refractivity contribution in [2.75, 3.05) is 0 Å². The fraction of sp³-hybridized carbons (Fsp3) is 0. The second kappa shape index (κ2) is 13.3. The first-order valence-corrected chi connectivity index (χ1v) is 19.5. The molecule has 0 saturated heterocycles. The lowest BCUT2D eigenvalue weighted by atomic mass is 9.93. The summed E-state index contributed by atoms with van der Waals surface area (Å²) in [7, 11) is 0. The van der Waals surface area contributed by atoms with Gasteiger partial charge in [0.25, 0.3) is 0 Å². The predicted molar refractivity (Wildman–Crippen MR) is 233 cm³/mol. The van der Waals surface area contributed by atoms with Crippen LogP contribution in [-0.2, 0) is 0 Å². The normalized spacial score (nSPS) is 11.6. The van der Waals surface area contributed by atoms with Crippen LogP contribution in [0.4, 0.5) is 0 Å². The van der Waals surface area contributed by atoms with Crippen LogP contribution in [0.1, 0.15) is 0 Å². The van der Waals surface area contributed by atoms with E-state index in [0.29, 0.717) is 5.82 Å². The van der Waals surface area contributed by atoms with E-state index in [2.05, 4.69) is 151 Å². The smallest absolute Gasteiger partial charge is 0.160 e. The standard InChI is InChI=1S/C51H31N3OS/c1-2-9-34(10-3-1)44-30-45(35-20-16-32(17-21-35)38-11-8-28-52-31-38)54-51(53-44)36-22-18-33(19-23-36)39-25-26-40(50-49(39)42-13-4-6-14-46(42)55-50)37-24-27-48-43(29-37)41-12-5-7-15-47(41)56-48/h1-31H. The molecule has 0 aliphatic heterocycles. The average molecular weight is 734 g/mol. The maximum absolute atomic E-state index is 6.70. The van der Waals surface area contributed by atoms with Gasteiger partial charge in [-0.25, -0.2) is 9.97 Å². The Morgan fingerprint density at radius 3 is 1.84 bits per heavy atom. The number of para-hydroxylation sites is 1. The molecule has 0 aliphatic carbocycles. The lowest BCUT2D eigenvalue weighted by Gasteiger charge is -2.11. The van der Waals surface area contributed by atoms with Crippen LogP contribution in [0, 0.1) is 0 Å². The highest BCUT2D eigenvalue weighted by molar-refractivity contribution is 7.25. The molecule has 0 N–H and O–H groups in total. The molecule has 11 aromatic rings. The number of hydrogen-bond donors (Lipinski definition) is 0. The molecule has 262 valence electrons. The van der Waals surface area contributed by atoms with Gasteiger partial charge in [-0.15, -0.1) is 11.3 Å². The van der Waals surface area contributed by atoms with Crippen molar-refractivity contribution in [3.63, 3.8) is 0 Å². The van der Waals surface area contributed by atoms with E-state index in [4.69, 9.17) is 14.4 Å². The van der Waals surface area contributed by atoms with Gasteiger partial charge in [0.15, 0.2) is 5.82 Å². The molecule has 4 aromatic heterocycles. The van der Waals surface area contributed by atoms with Gasteiger partial charge >= 0.3 is 0 Å². The first-order chi connectivity index (χ1) is 27.7. The molecular weight excluding hydrogens is 703 g/mol. The Labute approximate surface area is 327 Å². The molecular formula is C51H31N3OS. The van der Waals surface area contributed by atoms with Crippen molar-refractivity contribution in [3.05, 3.63) is 188 Å². The molecule has 4 nitrogen and oxygen atoms in total. The highest BCUT2D eigenvalue weighted by atomic mass is 32.1. The van der Waals surface area contributed by atoms with E-state index in [1.165, 1.54) is 20.2 Å². The van der Waals surface area contributed by atoms with Crippen molar-refractivity contribution < 1.29 is 4.42 Å². The number of furan rings is 1. The number of thiophene rings is 1. The van der Waals surface area contributed by atoms with Crippen molar-refractivity contribution in [2.24, 2.45) is 0 Å². The molecule has 4 heterocycles. The van der Waals surface area contributed by atoms with Crippen LogP contribution in [-0.4, -0.2) is 15.0 Å². The molecule has 0 aliphatic rings. The summed E-state index contributed by atoms with van der Waals surface area (Å²) in [4.78, 5) is 14.5. The zero-order chi connectivity index (χ0) is 37.0. The fourth-order valence-electron chi connectivity index (χ4n) is 7.84. The number of pyridine rings is 1. The molecule has 0 saturated carbocycles. The molecule has 0 unspecified atom stereocenters. The number of nitrogens with zero attached hydrogens (tertiary/aromatic N) is 3. The molecule has 7 aromatic carbocycles. The van der Waals surface area contributed by atoms with Crippen molar-refractivity contribution in [1.82, 2.24) is 15.0 Å². The summed E-state index contributed by atoms with van der Waals surface area (Å²) in [5, 5.41) is 4.77. The van der Waals surface area contributed by atoms with Crippen molar-refractivity contribution in [1.29, 1.82) is 0 Å². The number of rotatable bonds is 6. The molecule has 56 heavy (non-hydrogen) atoms. The number of hydrogen-bond acceptors (Lipinski definition) is 5. The maximum atomic E-state index is 6.70. The Bertz CT molecular complexity index is 3220. The first kappa shape index (κ1) is 32.2. The van der Waals surface area contributed by atoms with Gasteiger partial charge in [0, 0.05) is 65.6 Å². The van der Waals surface area contributed by atoms with E-state index < -0.39 is 0 Å². The van der Waals surface area contributed by atoms with Gasteiger partial charge in [0.1, 0.15) is 11.2 Å². The Kier molecular flexibility index (Phi) is 7.64. The van der Waals surface area contributed by atoms with Crippen molar-refractivity contribution in [2.45, 2.75) is 0 Å². The number of benzene rings is 7. The Hall–Kier alpha value is -7.21. The van der Waals surface area contributed by atoms with Gasteiger partial charge in [-0.3, -0.25) is 4.98 Å². The van der Waals surface area contributed by atoms with Crippen LogP contribution < -0.4 is 0 Å². The van der Waals surface area contributed by atoms with Crippen LogP contribution in [0.25, 0.3) is 109 Å². The summed E-state index contributed by atoms with van der Waals surface area (Å²) >= 11 is 1.84. The zero-order valence-corrected chi connectivity index (χ0v) is 30.9. The third-order valence-corrected chi connectivity index (χ3v) is 11.8. The molecule has 11 rings (SSSR count). The molecule has 0 atom stereocenters. The monoisotopic (exact) mass is 733 g/mol. The summed E-state index contributed by atoms with van der Waals surface area (Å²) in [6.07, 6.45) is 3.68. The van der Waals surface area contributed by atoms with E-state index in [1.807, 2.05) is 47.9 Å². The van der Waals surface area contributed by atoms with Gasteiger partial charge in [-0.05, 0) is 70.3 Å². The van der Waals surface area contributed by atoms with E-state index in [-0.39, 0.29) is 0 Å². The van der Waals surface area contributed by atoms with Crippen LogP contribution in [0.3, 0.4) is 0 Å². The minimum Gasteiger partial charge on any atom is -0.455 e. The highest BCUT2D eigenvalue weighted by Gasteiger charge is 2.19. The lowest BCUT2D eigenvalue weighted by molar-refractivity contribution is 0.670. The molecule has 0 bridgehead atoms. The van der Waals surface area contributed by atoms with Crippen LogP contribution in [0.2, 0.25) is 0 Å². The summed E-state index contributed by atoms with van der Waals surface area (Å²) in [6.45, 7) is 0. The zero-order valence-electron chi connectivity index (χ0n) is 30.1. The Morgan fingerprint density at radius 1 is 0.411 bits per heavy atom. The van der Waals surface area contributed by atoms with E-state index >= 15 is 0 Å². The fourth-order valence-corrected chi connectivity index (χ4v) is 8.92. The molecule has 0 radical (unpaired) electrons. The summed E-state index contributed by atoms with van der Waals surface area (Å²) < 4.78 is 9.29. The van der Waals surface area contributed by atoms with Gasteiger partial charge in [-0.2, -0.15) is 0 Å². The van der Waals surface area contributed by atoms with E-state index in [1.54, 1.807) is 6.20 Å². The number of aromatic nitrogens is 3. The molecule has 0 spiro atoms. The van der Waals surface area contributed by atoms with E-state index in [9.17, 15) is 0 Å². The van der Waals surface area contributed by atoms with E-state index in [0.717, 1.165) is 83.4 Å². The molecule has 0 amide bonds. The van der Waals surface area contributed by atoms with Crippen LogP contribution in [0.15, 0.2) is 193 Å². The largest absolute Gasteiger partial charge is 0.455 e. The quantitative estimate of drug-likeness (QED) is 0.171. The number of fused-ring (bicyclic) bond motifs is 6. The maximum Gasteiger partial charge on any atom is 0.160 e. The second-order valence-corrected chi connectivity index (χ2v) is 15.1. The molecule has 5 heteroatoms. The third kappa shape index (κ3) is 5.56. The average Bonchev–Trinajstić information content (AvgIpc) is 3.85.